The smallest absolute Gasteiger partial charge is 0.380 e. The third-order valence-electron chi connectivity index (χ3n) is 4.51. The number of nitriles is 1. The molecule has 3 aromatic carbocycles. The number of ether oxygens (including phenoxy) is 1. The summed E-state index contributed by atoms with van der Waals surface area (Å²) in [6, 6.07) is 23.0. The molecule has 0 aliphatic rings. The summed E-state index contributed by atoms with van der Waals surface area (Å²) in [6.07, 6.45) is 3.07. The molecule has 0 spiro atoms. The van der Waals surface area contributed by atoms with Gasteiger partial charge in [0.05, 0.1) is 17.8 Å². The van der Waals surface area contributed by atoms with Gasteiger partial charge in [-0.3, -0.25) is 5.01 Å². The van der Waals surface area contributed by atoms with Crippen molar-refractivity contribution in [3.63, 3.8) is 0 Å². The summed E-state index contributed by atoms with van der Waals surface area (Å²) in [6.45, 7) is 0.365. The Morgan fingerprint density at radius 1 is 0.970 bits per heavy atom. The molecule has 1 aromatic heterocycles. The average Bonchev–Trinajstić information content (AvgIpc) is 3.33. The van der Waals surface area contributed by atoms with Crippen LogP contribution in [0.15, 0.2) is 85.5 Å². The molecule has 0 saturated carbocycles. The van der Waals surface area contributed by atoms with Gasteiger partial charge in [0.15, 0.2) is 0 Å². The Morgan fingerprint density at radius 2 is 1.67 bits per heavy atom. The highest BCUT2D eigenvalue weighted by atomic mass is 32.2. The van der Waals surface area contributed by atoms with Crippen molar-refractivity contribution in [3.05, 3.63) is 96.6 Å². The summed E-state index contributed by atoms with van der Waals surface area (Å²) in [5.41, 5.74) is 1.93. The Kier molecular flexibility index (Phi) is 6.21. The van der Waals surface area contributed by atoms with Gasteiger partial charge < -0.3 is 8.92 Å². The van der Waals surface area contributed by atoms with Crippen molar-refractivity contribution in [2.24, 2.45) is 5.14 Å². The van der Waals surface area contributed by atoms with E-state index in [9.17, 15) is 13.7 Å². The summed E-state index contributed by atoms with van der Waals surface area (Å²) in [5, 5.41) is 24.0. The molecule has 4 rings (SSSR count). The lowest BCUT2D eigenvalue weighted by atomic mass is 10.1. The summed E-state index contributed by atoms with van der Waals surface area (Å²) >= 11 is 0. The number of rotatable bonds is 8. The van der Waals surface area contributed by atoms with E-state index in [4.69, 9.17) is 9.88 Å². The number of anilines is 1. The molecule has 0 radical (unpaired) electrons. The van der Waals surface area contributed by atoms with Crippen LogP contribution < -0.4 is 19.1 Å². The van der Waals surface area contributed by atoms with Crippen LogP contribution in [0.1, 0.15) is 11.1 Å². The minimum Gasteiger partial charge on any atom is -0.456 e. The van der Waals surface area contributed by atoms with E-state index in [1.165, 1.54) is 24.8 Å². The fourth-order valence-corrected chi connectivity index (χ4v) is 3.43. The van der Waals surface area contributed by atoms with E-state index in [0.717, 1.165) is 5.56 Å². The van der Waals surface area contributed by atoms with Gasteiger partial charge in [0.1, 0.15) is 36.0 Å². The van der Waals surface area contributed by atoms with Crippen molar-refractivity contribution in [2.45, 2.75) is 6.54 Å². The number of hydrogen-bond acceptors (Lipinski definition) is 8. The van der Waals surface area contributed by atoms with Gasteiger partial charge in [-0.2, -0.15) is 18.8 Å². The van der Waals surface area contributed by atoms with Crippen molar-refractivity contribution in [2.75, 3.05) is 5.01 Å². The second-order valence-electron chi connectivity index (χ2n) is 6.83. The van der Waals surface area contributed by atoms with Crippen molar-refractivity contribution < 1.29 is 17.3 Å². The molecule has 0 fully saturated rings. The molecular formula is C22H18N6O4S. The van der Waals surface area contributed by atoms with Crippen molar-refractivity contribution in [3.8, 4) is 23.3 Å². The van der Waals surface area contributed by atoms with E-state index in [-0.39, 0.29) is 5.75 Å². The third kappa shape index (κ3) is 5.65. The van der Waals surface area contributed by atoms with Gasteiger partial charge in [-0.05, 0) is 42.0 Å². The van der Waals surface area contributed by atoms with Gasteiger partial charge in [0.2, 0.25) is 0 Å². The summed E-state index contributed by atoms with van der Waals surface area (Å²) in [7, 11) is -4.10. The van der Waals surface area contributed by atoms with Gasteiger partial charge >= 0.3 is 10.3 Å². The van der Waals surface area contributed by atoms with Crippen LogP contribution in [0.2, 0.25) is 0 Å². The molecule has 4 aromatic rings. The van der Waals surface area contributed by atoms with Crippen LogP contribution >= 0.6 is 0 Å². The van der Waals surface area contributed by atoms with Crippen LogP contribution in [0.4, 0.5) is 5.69 Å². The standard InChI is InChI=1S/C22H18N6O4S/c23-13-18-8-9-19(12-22(18)31-20-4-2-1-3-5-20)28(27-15-25-26-16-27)14-17-6-10-21(11-7-17)32-33(24,29)30/h1-12,15-16H,14H2,(H2,24,29,30). The molecule has 0 bridgehead atoms. The highest BCUT2D eigenvalue weighted by Crippen LogP contribution is 2.31. The highest BCUT2D eigenvalue weighted by Gasteiger charge is 2.15. The first-order valence-electron chi connectivity index (χ1n) is 9.62. The topological polar surface area (TPSA) is 136 Å². The summed E-state index contributed by atoms with van der Waals surface area (Å²) in [4.78, 5) is 0. The third-order valence-corrected chi connectivity index (χ3v) is 4.93. The number of aromatic nitrogens is 3. The average molecular weight is 462 g/mol. The van der Waals surface area contributed by atoms with Crippen molar-refractivity contribution in [1.82, 2.24) is 14.9 Å². The molecular weight excluding hydrogens is 444 g/mol. The largest absolute Gasteiger partial charge is 0.456 e. The summed E-state index contributed by atoms with van der Waals surface area (Å²) in [5.74, 6) is 1.11. The number of nitrogens with zero attached hydrogens (tertiary/aromatic N) is 5. The molecule has 0 aliphatic carbocycles. The molecule has 33 heavy (non-hydrogen) atoms. The van der Waals surface area contributed by atoms with Crippen LogP contribution in [0, 0.1) is 11.3 Å². The Balaban J connectivity index is 1.65. The van der Waals surface area contributed by atoms with Gasteiger partial charge in [-0.25, -0.2) is 4.68 Å². The number of para-hydroxylation sites is 1. The Labute approximate surface area is 190 Å². The number of hydrogen-bond donors (Lipinski definition) is 1. The maximum atomic E-state index is 11.1. The Hall–Kier alpha value is -4.40. The van der Waals surface area contributed by atoms with Gasteiger partial charge in [0.25, 0.3) is 0 Å². The number of benzene rings is 3. The fraction of sp³-hybridized carbons (Fsp3) is 0.0455. The normalized spacial score (nSPS) is 10.9. The van der Waals surface area contributed by atoms with Crippen LogP contribution in [-0.4, -0.2) is 23.3 Å². The van der Waals surface area contributed by atoms with E-state index < -0.39 is 10.3 Å². The van der Waals surface area contributed by atoms with Gasteiger partial charge in [-0.15, -0.1) is 10.2 Å². The van der Waals surface area contributed by atoms with Gasteiger partial charge in [-0.1, -0.05) is 30.3 Å². The highest BCUT2D eigenvalue weighted by molar-refractivity contribution is 7.84. The maximum absolute atomic E-state index is 11.1. The lowest BCUT2D eigenvalue weighted by Gasteiger charge is -2.25. The quantitative estimate of drug-likeness (QED) is 0.422. The molecule has 11 heteroatoms. The fourth-order valence-electron chi connectivity index (χ4n) is 3.05. The Bertz CT molecular complexity index is 1370. The second kappa shape index (κ2) is 9.39. The van der Waals surface area contributed by atoms with E-state index >= 15 is 0 Å². The zero-order valence-electron chi connectivity index (χ0n) is 17.1. The van der Waals surface area contributed by atoms with E-state index in [0.29, 0.717) is 29.3 Å². The molecule has 166 valence electrons. The minimum atomic E-state index is -4.10. The molecule has 0 atom stereocenters. The van der Waals surface area contributed by atoms with E-state index in [1.54, 1.807) is 47.1 Å². The van der Waals surface area contributed by atoms with E-state index in [2.05, 4.69) is 20.4 Å². The monoisotopic (exact) mass is 462 g/mol. The number of nitrogens with two attached hydrogens (primary N) is 1. The predicted molar refractivity (Wildman–Crippen MR) is 119 cm³/mol. The molecule has 0 unspecified atom stereocenters. The van der Waals surface area contributed by atoms with Crippen LogP contribution in [0.25, 0.3) is 0 Å². The SMILES string of the molecule is N#Cc1ccc(N(Cc2ccc(OS(N)(=O)=O)cc2)n2cnnc2)cc1Oc1ccccc1. The molecule has 0 aliphatic heterocycles. The zero-order chi connectivity index (χ0) is 23.3. The lowest BCUT2D eigenvalue weighted by molar-refractivity contribution is 0.480. The minimum absolute atomic E-state index is 0.106. The van der Waals surface area contributed by atoms with Crippen molar-refractivity contribution >= 4 is 16.0 Å². The van der Waals surface area contributed by atoms with Gasteiger partial charge in [0, 0.05) is 6.07 Å². The van der Waals surface area contributed by atoms with Crippen LogP contribution in [0.3, 0.4) is 0 Å². The first kappa shape index (κ1) is 21.8. The zero-order valence-corrected chi connectivity index (χ0v) is 18.0. The first-order valence-corrected chi connectivity index (χ1v) is 11.1. The summed E-state index contributed by atoms with van der Waals surface area (Å²) < 4.78 is 34.5. The van der Waals surface area contributed by atoms with Crippen LogP contribution in [0.5, 0.6) is 17.2 Å². The molecule has 2 N–H and O–H groups in total. The first-order chi connectivity index (χ1) is 15.9. The lowest BCUT2D eigenvalue weighted by Crippen LogP contribution is -2.28. The van der Waals surface area contributed by atoms with Crippen molar-refractivity contribution in [1.29, 1.82) is 5.26 Å². The molecule has 0 saturated heterocycles. The second-order valence-corrected chi connectivity index (χ2v) is 7.98. The maximum Gasteiger partial charge on any atom is 0.380 e. The van der Waals surface area contributed by atoms with Crippen LogP contribution in [-0.2, 0) is 16.8 Å². The molecule has 10 nitrogen and oxygen atoms in total. The Morgan fingerprint density at radius 3 is 2.30 bits per heavy atom. The predicted octanol–water partition coefficient (Wildman–Crippen LogP) is 2.99. The van der Waals surface area contributed by atoms with E-state index in [1.807, 2.05) is 23.2 Å². The molecule has 1 heterocycles. The molecule has 0 amide bonds.